The normalized spacial score (nSPS) is 24.9. The second-order valence-electron chi connectivity index (χ2n) is 9.77. The largest absolute Gasteiger partial charge is 0.522 e. The van der Waals surface area contributed by atoms with Gasteiger partial charge in [-0.1, -0.05) is 17.7 Å². The Hall–Kier alpha value is -2.92. The van der Waals surface area contributed by atoms with Gasteiger partial charge in [0.2, 0.25) is 0 Å². The highest BCUT2D eigenvalue weighted by Gasteiger charge is 2.69. The van der Waals surface area contributed by atoms with Crippen LogP contribution >= 0.6 is 11.6 Å². The van der Waals surface area contributed by atoms with Crippen LogP contribution < -0.4 is 10.1 Å². The molecule has 2 bridgehead atoms. The predicted molar refractivity (Wildman–Crippen MR) is 119 cm³/mol. The Balaban J connectivity index is 1.07. The van der Waals surface area contributed by atoms with Gasteiger partial charge in [-0.15, -0.1) is 13.2 Å². The minimum Gasteiger partial charge on any atom is -0.484 e. The number of carbonyl (C=O) groups is 2. The first-order valence-corrected chi connectivity index (χ1v) is 11.7. The Labute approximate surface area is 208 Å². The van der Waals surface area contributed by atoms with E-state index < -0.39 is 18.8 Å². The number of amides is 2. The van der Waals surface area contributed by atoms with Crippen LogP contribution in [-0.2, 0) is 14.9 Å². The maximum absolute atomic E-state index is 13.5. The Kier molecular flexibility index (Phi) is 6.11. The number of pyridine rings is 1. The average Bonchev–Trinajstić information content (AvgIpc) is 2.74. The number of carbonyl (C=O) groups excluding carboxylic acids is 2. The highest BCUT2D eigenvalue weighted by Crippen LogP contribution is 2.67. The Morgan fingerprint density at radius 3 is 2.50 bits per heavy atom. The molecule has 2 amide bonds. The molecule has 4 aliphatic rings. The zero-order valence-electron chi connectivity index (χ0n) is 18.9. The lowest BCUT2D eigenvalue weighted by Gasteiger charge is -2.70. The summed E-state index contributed by atoms with van der Waals surface area (Å²) in [6, 6.07) is 7.43. The second kappa shape index (κ2) is 8.88. The molecular formula is C24H22ClF4N3O4. The van der Waals surface area contributed by atoms with Crippen LogP contribution in [0, 0.1) is 11.7 Å². The Morgan fingerprint density at radius 1 is 1.17 bits per heavy atom. The van der Waals surface area contributed by atoms with Crippen LogP contribution in [0.5, 0.6) is 5.75 Å². The molecule has 3 aliphatic carbocycles. The minimum absolute atomic E-state index is 0.0259. The number of aromatic nitrogens is 1. The lowest BCUT2D eigenvalue weighted by molar-refractivity contribution is -0.330. The van der Waals surface area contributed by atoms with Crippen molar-refractivity contribution in [3.63, 3.8) is 0 Å². The lowest BCUT2D eigenvalue weighted by Crippen LogP contribution is -2.77. The molecule has 2 aromatic rings. The molecule has 192 valence electrons. The van der Waals surface area contributed by atoms with Gasteiger partial charge >= 0.3 is 6.36 Å². The average molecular weight is 528 g/mol. The second-order valence-corrected chi connectivity index (χ2v) is 10.2. The Bertz CT molecular complexity index is 1170. The van der Waals surface area contributed by atoms with Gasteiger partial charge in [0.25, 0.3) is 11.8 Å². The maximum Gasteiger partial charge on any atom is 0.522 e. The van der Waals surface area contributed by atoms with E-state index in [1.807, 2.05) is 6.07 Å². The third kappa shape index (κ3) is 4.86. The molecule has 7 nitrogen and oxygen atoms in total. The topological polar surface area (TPSA) is 80.8 Å². The molecule has 0 radical (unpaired) electrons. The van der Waals surface area contributed by atoms with Crippen LogP contribution in [0.4, 0.5) is 17.6 Å². The van der Waals surface area contributed by atoms with Gasteiger partial charge < -0.3 is 15.0 Å². The van der Waals surface area contributed by atoms with E-state index in [9.17, 15) is 27.2 Å². The van der Waals surface area contributed by atoms with E-state index in [0.717, 1.165) is 30.9 Å². The molecule has 0 atom stereocenters. The molecule has 12 heteroatoms. The van der Waals surface area contributed by atoms with E-state index >= 15 is 0 Å². The first kappa shape index (κ1) is 24.8. The van der Waals surface area contributed by atoms with E-state index in [1.165, 1.54) is 17.0 Å². The summed E-state index contributed by atoms with van der Waals surface area (Å²) in [5.74, 6) is -1.38. The van der Waals surface area contributed by atoms with Gasteiger partial charge in [0.1, 0.15) is 17.3 Å². The van der Waals surface area contributed by atoms with Crippen molar-refractivity contribution in [3.05, 3.63) is 58.6 Å². The lowest BCUT2D eigenvalue weighted by atomic mass is 9.37. The summed E-state index contributed by atoms with van der Waals surface area (Å²) in [4.78, 5) is 30.5. The summed E-state index contributed by atoms with van der Waals surface area (Å²) < 4.78 is 59.0. The smallest absolute Gasteiger partial charge is 0.484 e. The van der Waals surface area contributed by atoms with E-state index in [-0.39, 0.29) is 64.8 Å². The zero-order valence-corrected chi connectivity index (χ0v) is 19.7. The number of rotatable bonds is 8. The van der Waals surface area contributed by atoms with Crippen LogP contribution in [0.1, 0.15) is 35.3 Å². The van der Waals surface area contributed by atoms with Gasteiger partial charge in [-0.25, -0.2) is 4.39 Å². The summed E-state index contributed by atoms with van der Waals surface area (Å²) in [5, 5.41) is 2.96. The van der Waals surface area contributed by atoms with Crippen molar-refractivity contribution in [3.8, 4) is 5.75 Å². The number of ether oxygens (including phenoxy) is 2. The van der Waals surface area contributed by atoms with E-state index in [4.69, 9.17) is 16.3 Å². The molecule has 6 rings (SSSR count). The van der Waals surface area contributed by atoms with Crippen molar-refractivity contribution in [2.45, 2.75) is 36.6 Å². The van der Waals surface area contributed by atoms with Crippen LogP contribution in [0.3, 0.4) is 0 Å². The molecule has 1 aliphatic heterocycles. The van der Waals surface area contributed by atoms with E-state index in [2.05, 4.69) is 15.0 Å². The van der Waals surface area contributed by atoms with Gasteiger partial charge in [-0.2, -0.15) is 0 Å². The van der Waals surface area contributed by atoms with Crippen molar-refractivity contribution in [2.24, 2.45) is 5.92 Å². The molecule has 4 fully saturated rings. The number of halogens is 5. The monoisotopic (exact) mass is 527 g/mol. The number of nitrogens with zero attached hydrogens (tertiary/aromatic N) is 2. The summed E-state index contributed by atoms with van der Waals surface area (Å²) in [7, 11) is 0. The van der Waals surface area contributed by atoms with Crippen molar-refractivity contribution in [1.29, 1.82) is 0 Å². The third-order valence-corrected chi connectivity index (χ3v) is 7.32. The van der Waals surface area contributed by atoms with E-state index in [1.54, 1.807) is 12.3 Å². The van der Waals surface area contributed by atoms with Gasteiger partial charge in [-0.3, -0.25) is 19.3 Å². The number of benzene rings is 1. The first-order valence-electron chi connectivity index (χ1n) is 11.3. The summed E-state index contributed by atoms with van der Waals surface area (Å²) >= 11 is 5.63. The van der Waals surface area contributed by atoms with Crippen LogP contribution in [-0.4, -0.2) is 59.9 Å². The number of hydrogen-bond donors (Lipinski definition) is 1. The number of likely N-dealkylation sites (tertiary alicyclic amines) is 1. The molecular weight excluding hydrogens is 506 g/mol. The molecule has 0 spiro atoms. The fourth-order valence-electron chi connectivity index (χ4n) is 5.32. The van der Waals surface area contributed by atoms with Crippen molar-refractivity contribution >= 4 is 23.4 Å². The highest BCUT2D eigenvalue weighted by atomic mass is 35.5. The zero-order chi connectivity index (χ0) is 25.7. The molecule has 0 unspecified atom stereocenters. The molecule has 36 heavy (non-hydrogen) atoms. The van der Waals surface area contributed by atoms with E-state index in [0.29, 0.717) is 0 Å². The van der Waals surface area contributed by atoms with Gasteiger partial charge in [-0.05, 0) is 43.0 Å². The number of nitrogens with one attached hydrogen (secondary N) is 1. The van der Waals surface area contributed by atoms with Gasteiger partial charge in [0.15, 0.2) is 6.61 Å². The summed E-state index contributed by atoms with van der Waals surface area (Å²) in [6.07, 6.45) is -0.799. The Morgan fingerprint density at radius 2 is 1.89 bits per heavy atom. The molecule has 1 aromatic heterocycles. The fraction of sp³-hybridized carbons (Fsp3) is 0.458. The van der Waals surface area contributed by atoms with Crippen LogP contribution in [0.2, 0.25) is 5.02 Å². The fourth-order valence-corrected chi connectivity index (χ4v) is 5.44. The number of hydrogen-bond acceptors (Lipinski definition) is 5. The number of alkyl halides is 3. The van der Waals surface area contributed by atoms with Crippen LogP contribution in [0.15, 0.2) is 36.5 Å². The van der Waals surface area contributed by atoms with Crippen molar-refractivity contribution in [2.75, 3.05) is 26.3 Å². The molecule has 2 heterocycles. The molecule has 3 saturated carbocycles. The standard InChI is InChI=1S/C24H22ClF4N3O4/c25-17-3-2-16(5-18(17)26)35-10-20(33)31-23-11-22(12-23,13-23)15-1-4-19(30-6-15)21(34)32-7-14(8-32)9-36-24(27,28)29/h1-6,14H,7-13H2,(H,31,33). The summed E-state index contributed by atoms with van der Waals surface area (Å²) in [5.41, 5.74) is 0.812. The summed E-state index contributed by atoms with van der Waals surface area (Å²) in [6.45, 7) is -0.317. The SMILES string of the molecule is O=C(COc1ccc(Cl)c(F)c1)NC12CC(c3ccc(C(=O)N4CC(COC(F)(F)F)C4)nc3)(C1)C2. The molecule has 1 saturated heterocycles. The highest BCUT2D eigenvalue weighted by molar-refractivity contribution is 6.30. The third-order valence-electron chi connectivity index (χ3n) is 7.02. The van der Waals surface area contributed by atoms with Gasteiger partial charge in [0.05, 0.1) is 11.6 Å². The molecule has 1 aromatic carbocycles. The van der Waals surface area contributed by atoms with Gasteiger partial charge in [0, 0.05) is 42.2 Å². The maximum atomic E-state index is 13.5. The first-order chi connectivity index (χ1) is 17.0. The molecule has 1 N–H and O–H groups in total. The minimum atomic E-state index is -4.67. The van der Waals surface area contributed by atoms with Crippen molar-refractivity contribution in [1.82, 2.24) is 15.2 Å². The predicted octanol–water partition coefficient (Wildman–Crippen LogP) is 3.85. The quantitative estimate of drug-likeness (QED) is 0.528. The van der Waals surface area contributed by atoms with Crippen LogP contribution in [0.25, 0.3) is 0 Å². The van der Waals surface area contributed by atoms with Crippen molar-refractivity contribution < 1.29 is 36.6 Å².